The molecule has 148 valence electrons. The third kappa shape index (κ3) is 4.46. The van der Waals surface area contributed by atoms with Crippen LogP contribution in [0.15, 0.2) is 60.1 Å². The van der Waals surface area contributed by atoms with Crippen molar-refractivity contribution in [3.8, 4) is 0 Å². The van der Waals surface area contributed by atoms with Crippen molar-refractivity contribution in [2.24, 2.45) is 0 Å². The van der Waals surface area contributed by atoms with Crippen molar-refractivity contribution in [1.29, 1.82) is 0 Å². The Morgan fingerprint density at radius 3 is 2.46 bits per heavy atom. The largest absolute Gasteiger partial charge is 0.361 e. The van der Waals surface area contributed by atoms with Crippen LogP contribution in [0.25, 0.3) is 17.0 Å². The summed E-state index contributed by atoms with van der Waals surface area (Å²) < 4.78 is 28.1. The fraction of sp³-hybridized carbons (Fsp3) is 0.273. The minimum atomic E-state index is -3.64. The summed E-state index contributed by atoms with van der Waals surface area (Å²) in [6.45, 7) is 11.0. The monoisotopic (exact) mass is 397 g/mol. The molecule has 5 nitrogen and oxygen atoms in total. The Kier molecular flexibility index (Phi) is 6.21. The van der Waals surface area contributed by atoms with Crippen LogP contribution in [0.4, 0.5) is 5.69 Å². The lowest BCUT2D eigenvalue weighted by Crippen LogP contribution is -2.25. The summed E-state index contributed by atoms with van der Waals surface area (Å²) in [6, 6.07) is 12.2. The van der Waals surface area contributed by atoms with E-state index in [1.165, 1.54) is 5.56 Å². The highest BCUT2D eigenvalue weighted by Crippen LogP contribution is 2.25. The normalized spacial score (nSPS) is 11.8. The average Bonchev–Trinajstić information content (AvgIpc) is 3.11. The molecule has 3 rings (SSSR count). The first-order valence-corrected chi connectivity index (χ1v) is 11.0. The first-order chi connectivity index (χ1) is 13.5. The highest BCUT2D eigenvalue weighted by atomic mass is 32.2. The first-order valence-electron chi connectivity index (χ1n) is 9.54. The number of rotatable bonds is 9. The van der Waals surface area contributed by atoms with Gasteiger partial charge in [0.1, 0.15) is 0 Å². The highest BCUT2D eigenvalue weighted by Gasteiger charge is 2.15. The number of hydrogen-bond acceptors (Lipinski definition) is 3. The van der Waals surface area contributed by atoms with E-state index in [9.17, 15) is 8.42 Å². The Balaban J connectivity index is 1.82. The molecule has 6 heteroatoms. The van der Waals surface area contributed by atoms with Crippen LogP contribution in [0.5, 0.6) is 0 Å². The smallest absolute Gasteiger partial charge is 0.261 e. The number of hydrogen-bond donors (Lipinski definition) is 2. The van der Waals surface area contributed by atoms with Crippen molar-refractivity contribution >= 4 is 32.7 Å². The number of likely N-dealkylation sites (N-methyl/N-ethyl adjacent to an activating group) is 1. The third-order valence-corrected chi connectivity index (χ3v) is 6.43. The summed E-state index contributed by atoms with van der Waals surface area (Å²) in [4.78, 5) is 5.88. The number of nitrogens with one attached hydrogen (secondary N) is 2. The van der Waals surface area contributed by atoms with E-state index in [2.05, 4.69) is 35.0 Å². The van der Waals surface area contributed by atoms with Gasteiger partial charge in [-0.15, -0.1) is 0 Å². The van der Waals surface area contributed by atoms with E-state index < -0.39 is 10.0 Å². The second-order valence-electron chi connectivity index (χ2n) is 6.73. The number of fused-ring (bicyclic) bond motifs is 1. The zero-order chi connectivity index (χ0) is 20.1. The summed E-state index contributed by atoms with van der Waals surface area (Å²) in [5.74, 6) is 0. The highest BCUT2D eigenvalue weighted by molar-refractivity contribution is 7.92. The lowest BCUT2D eigenvalue weighted by molar-refractivity contribution is 0.308. The molecule has 2 N–H and O–H groups in total. The number of nitrogens with zero attached hydrogens (tertiary/aromatic N) is 1. The molecule has 0 fully saturated rings. The van der Waals surface area contributed by atoms with E-state index >= 15 is 0 Å². The minimum absolute atomic E-state index is 0.231. The lowest BCUT2D eigenvalue weighted by atomic mass is 10.1. The van der Waals surface area contributed by atoms with E-state index in [4.69, 9.17) is 0 Å². The molecule has 0 radical (unpaired) electrons. The van der Waals surface area contributed by atoms with Crippen LogP contribution in [-0.4, -0.2) is 37.9 Å². The molecular weight excluding hydrogens is 370 g/mol. The second kappa shape index (κ2) is 8.63. The van der Waals surface area contributed by atoms with Crippen LogP contribution in [0.2, 0.25) is 0 Å². The second-order valence-corrected chi connectivity index (χ2v) is 8.41. The van der Waals surface area contributed by atoms with Crippen LogP contribution in [0.3, 0.4) is 0 Å². The summed E-state index contributed by atoms with van der Waals surface area (Å²) in [5, 5.41) is 1.05. The Morgan fingerprint density at radius 2 is 1.82 bits per heavy atom. The molecule has 1 heterocycles. The van der Waals surface area contributed by atoms with Crippen LogP contribution in [0.1, 0.15) is 25.0 Å². The summed E-state index contributed by atoms with van der Waals surface area (Å²) in [7, 11) is -3.64. The SMILES string of the molecule is C=Cc1ccc(S(=O)(=O)Nc2ccc3[nH]cc(CCN(CC)CC)c3c2)cc1. The molecule has 0 bridgehead atoms. The van der Waals surface area contributed by atoms with E-state index in [1.54, 1.807) is 36.4 Å². The molecule has 0 aliphatic heterocycles. The first kappa shape index (κ1) is 20.2. The van der Waals surface area contributed by atoms with Gasteiger partial charge in [0.2, 0.25) is 0 Å². The van der Waals surface area contributed by atoms with Crippen LogP contribution >= 0.6 is 0 Å². The minimum Gasteiger partial charge on any atom is -0.361 e. The Morgan fingerprint density at radius 1 is 1.11 bits per heavy atom. The van der Waals surface area contributed by atoms with Crippen molar-refractivity contribution in [2.75, 3.05) is 24.4 Å². The number of aromatic nitrogens is 1. The molecule has 0 unspecified atom stereocenters. The van der Waals surface area contributed by atoms with Gasteiger partial charge in [0.05, 0.1) is 4.90 Å². The molecule has 0 spiro atoms. The lowest BCUT2D eigenvalue weighted by Gasteiger charge is -2.17. The van der Waals surface area contributed by atoms with Crippen LogP contribution in [0, 0.1) is 0 Å². The number of aromatic amines is 1. The predicted molar refractivity (Wildman–Crippen MR) is 117 cm³/mol. The van der Waals surface area contributed by atoms with Gasteiger partial charge in [0, 0.05) is 29.3 Å². The molecule has 0 saturated carbocycles. The molecular formula is C22H27N3O2S. The van der Waals surface area contributed by atoms with Gasteiger partial charge in [-0.3, -0.25) is 4.72 Å². The summed E-state index contributed by atoms with van der Waals surface area (Å²) >= 11 is 0. The maximum atomic E-state index is 12.7. The van der Waals surface area contributed by atoms with Gasteiger partial charge in [-0.05, 0) is 61.0 Å². The number of benzene rings is 2. The van der Waals surface area contributed by atoms with Crippen molar-refractivity contribution < 1.29 is 8.42 Å². The number of anilines is 1. The zero-order valence-electron chi connectivity index (χ0n) is 16.4. The van der Waals surface area contributed by atoms with Crippen molar-refractivity contribution in [2.45, 2.75) is 25.2 Å². The topological polar surface area (TPSA) is 65.2 Å². The van der Waals surface area contributed by atoms with Gasteiger partial charge < -0.3 is 9.88 Å². The fourth-order valence-electron chi connectivity index (χ4n) is 3.26. The van der Waals surface area contributed by atoms with E-state index in [-0.39, 0.29) is 4.90 Å². The van der Waals surface area contributed by atoms with E-state index in [0.717, 1.165) is 42.5 Å². The van der Waals surface area contributed by atoms with Crippen LogP contribution in [-0.2, 0) is 16.4 Å². The number of H-pyrrole nitrogens is 1. The fourth-order valence-corrected chi connectivity index (χ4v) is 4.31. The van der Waals surface area contributed by atoms with Gasteiger partial charge in [0.25, 0.3) is 10.0 Å². The molecule has 28 heavy (non-hydrogen) atoms. The number of sulfonamides is 1. The molecule has 0 aliphatic rings. The molecule has 0 atom stereocenters. The summed E-state index contributed by atoms with van der Waals surface area (Å²) in [6.07, 6.45) is 4.62. The molecule has 0 aliphatic carbocycles. The van der Waals surface area contributed by atoms with Crippen molar-refractivity contribution in [3.63, 3.8) is 0 Å². The maximum Gasteiger partial charge on any atom is 0.261 e. The molecule has 0 saturated heterocycles. The van der Waals surface area contributed by atoms with Crippen LogP contribution < -0.4 is 4.72 Å². The molecule has 3 aromatic rings. The Hall–Kier alpha value is -2.57. The van der Waals surface area contributed by atoms with Gasteiger partial charge in [-0.2, -0.15) is 0 Å². The Bertz CT molecular complexity index is 1050. The van der Waals surface area contributed by atoms with Crippen molar-refractivity contribution in [3.05, 3.63) is 66.4 Å². The molecule has 0 amide bonds. The summed E-state index contributed by atoms with van der Waals surface area (Å²) in [5.41, 5.74) is 3.64. The third-order valence-electron chi connectivity index (χ3n) is 5.04. The quantitative estimate of drug-likeness (QED) is 0.559. The standard InChI is InChI=1S/C22H27N3O2S/c1-4-17-7-10-20(11-8-17)28(26,27)24-19-9-12-22-21(15-19)18(16-23-22)13-14-25(5-2)6-3/h4,7-12,15-16,23-24H,1,5-6,13-14H2,2-3H3. The van der Waals surface area contributed by atoms with E-state index in [1.807, 2.05) is 18.3 Å². The maximum absolute atomic E-state index is 12.7. The predicted octanol–water partition coefficient (Wildman–Crippen LogP) is 4.50. The van der Waals surface area contributed by atoms with Gasteiger partial charge >= 0.3 is 0 Å². The van der Waals surface area contributed by atoms with Gasteiger partial charge in [-0.1, -0.05) is 38.6 Å². The van der Waals surface area contributed by atoms with Crippen molar-refractivity contribution in [1.82, 2.24) is 9.88 Å². The van der Waals surface area contributed by atoms with Gasteiger partial charge in [0.15, 0.2) is 0 Å². The Labute approximate surface area is 167 Å². The zero-order valence-corrected chi connectivity index (χ0v) is 17.2. The molecule has 1 aromatic heterocycles. The van der Waals surface area contributed by atoms with Gasteiger partial charge in [-0.25, -0.2) is 8.42 Å². The molecule has 2 aromatic carbocycles. The average molecular weight is 398 g/mol. The van der Waals surface area contributed by atoms with E-state index in [0.29, 0.717) is 5.69 Å².